The molecule has 0 bridgehead atoms. The Kier molecular flexibility index (Phi) is 20.4. The molecule has 8 heteroatoms. The van der Waals surface area contributed by atoms with E-state index in [0.29, 0.717) is 0 Å². The first-order chi connectivity index (χ1) is 5.16. The number of amides is 1. The maximum absolute atomic E-state index is 10.2. The van der Waals surface area contributed by atoms with Crippen LogP contribution < -0.4 is 12.4 Å². The van der Waals surface area contributed by atoms with Gasteiger partial charge in [0.05, 0.1) is 0 Å². The van der Waals surface area contributed by atoms with Crippen molar-refractivity contribution in [1.82, 2.24) is 0 Å². The van der Waals surface area contributed by atoms with Gasteiger partial charge in [-0.1, -0.05) is 0 Å². The molecule has 0 atom stereocenters. The summed E-state index contributed by atoms with van der Waals surface area (Å²) in [5, 5.41) is 11.1. The van der Waals surface area contributed by atoms with E-state index in [-0.39, 0.29) is 18.2 Å². The van der Waals surface area contributed by atoms with E-state index in [1.165, 1.54) is 0 Å². The van der Waals surface area contributed by atoms with Crippen molar-refractivity contribution in [1.29, 1.82) is 0 Å². The van der Waals surface area contributed by atoms with Crippen molar-refractivity contribution in [3.8, 4) is 0 Å². The molecule has 0 aliphatic rings. The van der Waals surface area contributed by atoms with Crippen molar-refractivity contribution in [2.24, 2.45) is 0 Å². The third kappa shape index (κ3) is 16.5. The number of hydrogen-bond donors (Lipinski definition) is 1. The molecule has 0 aromatic rings. The van der Waals surface area contributed by atoms with Gasteiger partial charge in [-0.15, -0.1) is 5.75 Å². The van der Waals surface area contributed by atoms with E-state index in [2.05, 4.69) is 17.9 Å². The molecule has 5 nitrogen and oxygen atoms in total. The molecule has 71 valence electrons. The van der Waals surface area contributed by atoms with Gasteiger partial charge in [0.15, 0.2) is 0 Å². The second-order valence-electron chi connectivity index (χ2n) is 1.25. The quantitative estimate of drug-likeness (QED) is 0.544. The number of hydrogen-bond acceptors (Lipinski definition) is 4. The molecular weight excluding hydrogens is 292 g/mol. The number of carbonyl (C=O) groups excluding carboxylic acids is 1. The summed E-state index contributed by atoms with van der Waals surface area (Å²) in [5.41, 5.74) is 0. The van der Waals surface area contributed by atoms with Crippen LogP contribution in [0.3, 0.4) is 0 Å². The molecule has 1 amide bonds. The summed E-state index contributed by atoms with van der Waals surface area (Å²) in [7, 11) is 0. The van der Waals surface area contributed by atoms with E-state index < -0.39 is 18.4 Å². The Bertz CT molecular complexity index is 147. The average Bonchev–Trinajstić information content (AvgIpc) is 2.04. The zero-order valence-electron chi connectivity index (χ0n) is 5.70. The van der Waals surface area contributed by atoms with Gasteiger partial charge < -0.3 is 40.3 Å². The van der Waals surface area contributed by atoms with Gasteiger partial charge in [0.25, 0.3) is 5.97 Å². The van der Waals surface area contributed by atoms with E-state index in [1.54, 1.807) is 0 Å². The molecule has 0 aliphatic heterocycles. The fraction of sp³-hybridized carbons (Fsp3) is 0.500. The summed E-state index contributed by atoms with van der Waals surface area (Å²) in [5.74, 6) is -1.81. The number of carbonyl (C=O) groups is 2. The topological polar surface area (TPSA) is 85.5 Å². The summed E-state index contributed by atoms with van der Waals surface area (Å²) in [6, 6.07) is 0. The number of halogens is 1. The molecule has 0 aliphatic carbocycles. The number of aliphatic carboxylic acids is 1. The van der Waals surface area contributed by atoms with Gasteiger partial charge in [-0.05, 0) is 6.54 Å². The molecule has 0 heterocycles. The van der Waals surface area contributed by atoms with Gasteiger partial charge in [0, 0.05) is 5.91 Å². The van der Waals surface area contributed by atoms with Crippen LogP contribution in [0.1, 0.15) is 0 Å². The number of carboxylic acid groups (broad SMARTS) is 1. The van der Waals surface area contributed by atoms with Crippen LogP contribution in [-0.4, -0.2) is 29.3 Å². The molecule has 0 aromatic heterocycles. The van der Waals surface area contributed by atoms with E-state index in [4.69, 9.17) is 8.61 Å². The summed E-state index contributed by atoms with van der Waals surface area (Å²) in [4.78, 5) is 19.9. The Hall–Kier alpha value is 0.0294. The predicted molar refractivity (Wildman–Crippen MR) is 33.8 cm³/mol. The normalized spacial score (nSPS) is 6.67. The molecule has 1 N–H and O–H groups in total. The van der Waals surface area contributed by atoms with E-state index >= 15 is 0 Å². The first-order valence-electron chi connectivity index (χ1n) is 2.32. The van der Waals surface area contributed by atoms with Crippen LogP contribution >= 0.6 is 0 Å². The molecular formula is C4H5ClNO4STc-. The van der Waals surface area contributed by atoms with Crippen molar-refractivity contribution in [3.63, 3.8) is 0 Å². The predicted octanol–water partition coefficient (Wildman–Crippen LogP) is -3.60. The van der Waals surface area contributed by atoms with Gasteiger partial charge >= 0.3 is 22.4 Å². The first kappa shape index (κ1) is 17.9. The van der Waals surface area contributed by atoms with Crippen LogP contribution in [0.2, 0.25) is 0 Å². The van der Waals surface area contributed by atoms with E-state index in [0.717, 1.165) is 18.9 Å². The first-order valence-corrected chi connectivity index (χ1v) is 3.66. The standard InChI is InChI=1S/C4H7NO3S.ClH.O.Tc/c6-3(2-9)5-1-4(7)8;;;/h1-2H2,(H3,5,6,7,8,9);1H;;/q;;;+2/p-3. The number of nitrogens with zero attached hydrogens (tertiary/aromatic N) is 1. The zero-order valence-corrected chi connectivity index (χ0v) is 9.13. The van der Waals surface area contributed by atoms with Crippen molar-refractivity contribution in [2.45, 2.75) is 0 Å². The fourth-order valence-electron chi connectivity index (χ4n) is 0.201. The van der Waals surface area contributed by atoms with Crippen LogP contribution in [0.15, 0.2) is 0 Å². The van der Waals surface area contributed by atoms with Crippen molar-refractivity contribution in [2.75, 3.05) is 12.3 Å². The SMILES string of the molecule is O=C(O)C[N-]C(=O)C[S-].[Cl-].[O]=[Tc+2]. The summed E-state index contributed by atoms with van der Waals surface area (Å²) < 4.78 is 8.22. The van der Waals surface area contributed by atoms with Crippen molar-refractivity contribution < 1.29 is 49.5 Å². The zero-order chi connectivity index (χ0) is 9.28. The molecule has 0 unspecified atom stereocenters. The van der Waals surface area contributed by atoms with Crippen LogP contribution in [-0.2, 0) is 44.6 Å². The third-order valence-corrected chi connectivity index (χ3v) is 0.761. The molecule has 0 saturated heterocycles. The Morgan fingerprint density at radius 2 is 1.83 bits per heavy atom. The molecule has 0 fully saturated rings. The maximum atomic E-state index is 10.2. The molecule has 0 aromatic carbocycles. The van der Waals surface area contributed by atoms with Crippen molar-refractivity contribution in [3.05, 3.63) is 5.32 Å². The number of rotatable bonds is 3. The molecule has 0 saturated carbocycles. The van der Waals surface area contributed by atoms with Gasteiger partial charge in [-0.2, -0.15) is 0 Å². The monoisotopic (exact) mass is 295 g/mol. The second-order valence-corrected chi connectivity index (χ2v) is 1.54. The molecule has 0 radical (unpaired) electrons. The van der Waals surface area contributed by atoms with Crippen molar-refractivity contribution >= 4 is 24.5 Å². The molecule has 0 rings (SSSR count). The van der Waals surface area contributed by atoms with Gasteiger partial charge in [-0.3, -0.25) is 4.79 Å². The van der Waals surface area contributed by atoms with Gasteiger partial charge in [0.2, 0.25) is 0 Å². The van der Waals surface area contributed by atoms with Gasteiger partial charge in [-0.25, -0.2) is 0 Å². The summed E-state index contributed by atoms with van der Waals surface area (Å²) >= 11 is 5.19. The Labute approximate surface area is 91.5 Å². The van der Waals surface area contributed by atoms with Gasteiger partial charge in [0.1, 0.15) is 0 Å². The Balaban J connectivity index is -0.000000249. The molecule has 12 heavy (non-hydrogen) atoms. The average molecular weight is 297 g/mol. The van der Waals surface area contributed by atoms with Crippen LogP contribution in [0.4, 0.5) is 0 Å². The Morgan fingerprint density at radius 1 is 1.42 bits per heavy atom. The second kappa shape index (κ2) is 13.6. The van der Waals surface area contributed by atoms with Crippen LogP contribution in [0, 0.1) is 0 Å². The third-order valence-electron chi connectivity index (χ3n) is 0.514. The Morgan fingerprint density at radius 3 is 2.08 bits per heavy atom. The fourth-order valence-corrected chi connectivity index (χ4v) is 0.293. The van der Waals surface area contributed by atoms with E-state index in [9.17, 15) is 9.59 Å². The minimum atomic E-state index is -1.12. The van der Waals surface area contributed by atoms with Crippen LogP contribution in [0.25, 0.3) is 5.32 Å². The van der Waals surface area contributed by atoms with Crippen LogP contribution in [0.5, 0.6) is 0 Å². The summed E-state index contributed by atoms with van der Waals surface area (Å²) in [6.45, 7) is -0.477. The summed E-state index contributed by atoms with van der Waals surface area (Å²) in [6.07, 6.45) is 0. The molecule has 0 spiro atoms. The minimum absolute atomic E-state index is 0. The van der Waals surface area contributed by atoms with E-state index in [1.807, 2.05) is 0 Å². The number of carboxylic acids is 1.